The summed E-state index contributed by atoms with van der Waals surface area (Å²) in [5.41, 5.74) is 7.00. The zero-order valence-corrected chi connectivity index (χ0v) is 34.8. The number of Topliss-reactive ketones (excluding diaryl/α,β-unsaturated/α-hetero) is 2. The summed E-state index contributed by atoms with van der Waals surface area (Å²) in [6.07, 6.45) is 7.77. The summed E-state index contributed by atoms with van der Waals surface area (Å²) in [5.74, 6) is 0.0631. The second kappa shape index (κ2) is 15.4. The summed E-state index contributed by atoms with van der Waals surface area (Å²) in [5, 5.41) is 19.1. The zero-order valence-electron chi connectivity index (χ0n) is 34.8. The van der Waals surface area contributed by atoms with Crippen molar-refractivity contribution in [2.45, 2.75) is 90.0 Å². The third-order valence-corrected chi connectivity index (χ3v) is 9.46. The molecule has 284 valence electrons. The molecule has 1 heterocycles. The van der Waals surface area contributed by atoms with Crippen molar-refractivity contribution in [3.8, 4) is 0 Å². The molecule has 0 fully saturated rings. The molecule has 2 aromatic carbocycles. The summed E-state index contributed by atoms with van der Waals surface area (Å²) < 4.78 is 0. The van der Waals surface area contributed by atoms with E-state index in [1.54, 1.807) is 0 Å². The highest BCUT2D eigenvalue weighted by Gasteiger charge is 2.36. The fraction of sp³-hybridized carbons (Fsp3) is 0.354. The number of hydrogen-bond donors (Lipinski definition) is 0. The molecule has 0 bridgehead atoms. The number of ketones is 2. The van der Waals surface area contributed by atoms with Crippen LogP contribution in [0.25, 0.3) is 11.4 Å². The third kappa shape index (κ3) is 9.63. The highest BCUT2D eigenvalue weighted by Crippen LogP contribution is 2.43. The van der Waals surface area contributed by atoms with Crippen LogP contribution in [-0.4, -0.2) is 16.6 Å². The molecule has 0 unspecified atom stereocenters. The van der Waals surface area contributed by atoms with Gasteiger partial charge in [0.2, 0.25) is 0 Å². The number of rotatable bonds is 6. The minimum Gasteiger partial charge on any atom is -0.289 e. The molecule has 0 spiro atoms. The SMILES string of the molecule is Cc1cc(C(/N=N/c2ccccc2)=C2C=C(C(C)(C)C)C(=O)C(C(C)(C)C)=C2)nc(C(/N=N/c2ccccc2)=C2C=C(C(C)(C)C)C(=O)C(C(C)(C)C)=C2)c1. The zero-order chi connectivity index (χ0) is 40.5. The van der Waals surface area contributed by atoms with Gasteiger partial charge in [-0.3, -0.25) is 9.59 Å². The molecular weight excluding hydrogens is 679 g/mol. The van der Waals surface area contributed by atoms with Crippen LogP contribution in [0.4, 0.5) is 11.4 Å². The van der Waals surface area contributed by atoms with E-state index in [2.05, 4.69) is 93.3 Å². The Morgan fingerprint density at radius 3 is 1.04 bits per heavy atom. The third-order valence-electron chi connectivity index (χ3n) is 9.46. The van der Waals surface area contributed by atoms with Crippen molar-refractivity contribution in [3.05, 3.63) is 147 Å². The first-order chi connectivity index (χ1) is 25.5. The molecule has 0 atom stereocenters. The normalized spacial score (nSPS) is 16.0. The fourth-order valence-electron chi connectivity index (χ4n) is 6.39. The van der Waals surface area contributed by atoms with E-state index in [-0.39, 0.29) is 11.6 Å². The molecule has 7 heteroatoms. The van der Waals surface area contributed by atoms with Gasteiger partial charge in [0.05, 0.1) is 22.8 Å². The van der Waals surface area contributed by atoms with E-state index >= 15 is 0 Å². The minimum absolute atomic E-state index is 0.0315. The number of carbonyl (C=O) groups is 2. The molecule has 2 aliphatic rings. The largest absolute Gasteiger partial charge is 0.289 e. The summed E-state index contributed by atoms with van der Waals surface area (Å²) in [4.78, 5) is 33.3. The number of azo groups is 2. The predicted molar refractivity (Wildman–Crippen MR) is 225 cm³/mol. The van der Waals surface area contributed by atoms with Gasteiger partial charge in [-0.15, -0.1) is 10.2 Å². The second-order valence-electron chi connectivity index (χ2n) is 18.5. The quantitative estimate of drug-likeness (QED) is 0.236. The van der Waals surface area contributed by atoms with Gasteiger partial charge in [0.1, 0.15) is 11.4 Å². The number of nitrogens with zero attached hydrogens (tertiary/aromatic N) is 5. The molecule has 55 heavy (non-hydrogen) atoms. The number of aromatic nitrogens is 1. The number of aryl methyl sites for hydroxylation is 1. The van der Waals surface area contributed by atoms with E-state index in [0.29, 0.717) is 56.4 Å². The first kappa shape index (κ1) is 40.7. The van der Waals surface area contributed by atoms with Crippen LogP contribution >= 0.6 is 0 Å². The molecule has 2 aliphatic carbocycles. The molecule has 5 rings (SSSR count). The fourth-order valence-corrected chi connectivity index (χ4v) is 6.39. The Kier molecular flexibility index (Phi) is 11.4. The van der Waals surface area contributed by atoms with Crippen molar-refractivity contribution >= 4 is 34.3 Å². The van der Waals surface area contributed by atoms with Gasteiger partial charge in [-0.05, 0) is 94.8 Å². The lowest BCUT2D eigenvalue weighted by Gasteiger charge is -2.31. The Labute approximate surface area is 327 Å². The van der Waals surface area contributed by atoms with Crippen molar-refractivity contribution in [3.63, 3.8) is 0 Å². The van der Waals surface area contributed by atoms with Crippen molar-refractivity contribution in [1.29, 1.82) is 0 Å². The minimum atomic E-state index is -0.429. The Hall–Kier alpha value is -5.43. The Morgan fingerprint density at radius 1 is 0.473 bits per heavy atom. The maximum absolute atomic E-state index is 14.0. The number of hydrogen-bond acceptors (Lipinski definition) is 7. The number of benzene rings is 2. The summed E-state index contributed by atoms with van der Waals surface area (Å²) in [7, 11) is 0. The van der Waals surface area contributed by atoms with Crippen LogP contribution in [0.5, 0.6) is 0 Å². The van der Waals surface area contributed by atoms with Gasteiger partial charge in [0.25, 0.3) is 0 Å². The summed E-state index contributed by atoms with van der Waals surface area (Å²) >= 11 is 0. The van der Waals surface area contributed by atoms with Gasteiger partial charge in [-0.1, -0.05) is 119 Å². The van der Waals surface area contributed by atoms with E-state index in [9.17, 15) is 9.59 Å². The lowest BCUT2D eigenvalue weighted by molar-refractivity contribution is -0.114. The average molecular weight is 734 g/mol. The van der Waals surface area contributed by atoms with Gasteiger partial charge >= 0.3 is 0 Å². The first-order valence-electron chi connectivity index (χ1n) is 18.9. The molecule has 7 nitrogen and oxygen atoms in total. The summed E-state index contributed by atoms with van der Waals surface area (Å²) in [6.45, 7) is 26.7. The van der Waals surface area contributed by atoms with Crippen LogP contribution < -0.4 is 0 Å². The number of pyridine rings is 1. The number of carbonyl (C=O) groups excluding carboxylic acids is 2. The Morgan fingerprint density at radius 2 is 0.764 bits per heavy atom. The smallest absolute Gasteiger partial charge is 0.186 e. The highest BCUT2D eigenvalue weighted by molar-refractivity contribution is 6.13. The Balaban J connectivity index is 1.89. The highest BCUT2D eigenvalue weighted by atomic mass is 16.1. The molecule has 3 aromatic rings. The average Bonchev–Trinajstić information content (AvgIpc) is 3.08. The maximum Gasteiger partial charge on any atom is 0.186 e. The lowest BCUT2D eigenvalue weighted by atomic mass is 9.71. The molecule has 0 saturated carbocycles. The van der Waals surface area contributed by atoms with E-state index in [1.165, 1.54) is 0 Å². The van der Waals surface area contributed by atoms with Gasteiger partial charge in [-0.2, -0.15) is 10.2 Å². The van der Waals surface area contributed by atoms with Gasteiger partial charge in [-0.25, -0.2) is 4.98 Å². The van der Waals surface area contributed by atoms with Gasteiger partial charge in [0, 0.05) is 33.4 Å². The molecule has 0 radical (unpaired) electrons. The van der Waals surface area contributed by atoms with Crippen molar-refractivity contribution in [1.82, 2.24) is 4.98 Å². The number of allylic oxidation sites excluding steroid dienone is 10. The molecule has 1 aromatic heterocycles. The predicted octanol–water partition coefficient (Wildman–Crippen LogP) is 13.4. The maximum atomic E-state index is 14.0. The van der Waals surface area contributed by atoms with Gasteiger partial charge in [0.15, 0.2) is 11.6 Å². The van der Waals surface area contributed by atoms with Crippen LogP contribution in [0.1, 0.15) is 100 Å². The van der Waals surface area contributed by atoms with Crippen molar-refractivity contribution < 1.29 is 9.59 Å². The topological polar surface area (TPSA) is 96.5 Å². The standard InChI is InChI=1S/C48H55N5O2/c1-30-24-39(41(52-50-33-20-16-14-17-21-33)31-26-35(45(2,3)4)43(54)36(27-31)46(5,6)7)49-40(25-30)42(53-51-34-22-18-15-19-23-34)32-28-37(47(8,9)10)44(55)38(29-32)48(11,12)13/h14-29H,1-13H3/b52-50+,53-51+. The van der Waals surface area contributed by atoms with E-state index in [1.807, 2.05) is 104 Å². The monoisotopic (exact) mass is 733 g/mol. The molecule has 0 N–H and O–H groups in total. The van der Waals surface area contributed by atoms with Crippen LogP contribution in [0.2, 0.25) is 0 Å². The van der Waals surface area contributed by atoms with E-state index < -0.39 is 21.7 Å². The van der Waals surface area contributed by atoms with Crippen LogP contribution in [0.15, 0.2) is 151 Å². The molecule has 0 aliphatic heterocycles. The van der Waals surface area contributed by atoms with Crippen molar-refractivity contribution in [2.75, 3.05) is 0 Å². The summed E-state index contributed by atoms with van der Waals surface area (Å²) in [6, 6.07) is 23.1. The molecule has 0 saturated heterocycles. The van der Waals surface area contributed by atoms with E-state index in [0.717, 1.165) is 16.7 Å². The lowest BCUT2D eigenvalue weighted by Crippen LogP contribution is -2.28. The van der Waals surface area contributed by atoms with Crippen LogP contribution in [0.3, 0.4) is 0 Å². The van der Waals surface area contributed by atoms with Crippen molar-refractivity contribution in [2.24, 2.45) is 42.1 Å². The second-order valence-corrected chi connectivity index (χ2v) is 18.5. The first-order valence-corrected chi connectivity index (χ1v) is 18.9. The molecular formula is C48H55N5O2. The Bertz CT molecular complexity index is 2020. The molecule has 0 amide bonds. The van der Waals surface area contributed by atoms with E-state index in [4.69, 9.17) is 15.2 Å². The van der Waals surface area contributed by atoms with Crippen LogP contribution in [-0.2, 0) is 9.59 Å². The van der Waals surface area contributed by atoms with Gasteiger partial charge < -0.3 is 0 Å². The van der Waals surface area contributed by atoms with Crippen LogP contribution in [0, 0.1) is 28.6 Å².